The predicted molar refractivity (Wildman–Crippen MR) is 76.3 cm³/mol. The third-order valence-electron chi connectivity index (χ3n) is 2.85. The summed E-state index contributed by atoms with van der Waals surface area (Å²) in [5.41, 5.74) is 4.60. The largest absolute Gasteiger partial charge is 0.790 e. The summed E-state index contributed by atoms with van der Waals surface area (Å²) < 4.78 is 29.7. The van der Waals surface area contributed by atoms with Crippen molar-refractivity contribution < 1.29 is 32.6 Å². The third kappa shape index (κ3) is 4.48. The van der Waals surface area contributed by atoms with Crippen molar-refractivity contribution in [1.29, 1.82) is 0 Å². The molecule has 1 aromatic rings. The zero-order valence-electron chi connectivity index (χ0n) is 12.3. The monoisotopic (exact) mass is 380 g/mol. The van der Waals surface area contributed by atoms with Crippen LogP contribution in [0.25, 0.3) is 0 Å². The summed E-state index contributed by atoms with van der Waals surface area (Å²) in [5.74, 6) is -0.0506. The van der Waals surface area contributed by atoms with E-state index in [-0.39, 0.29) is 23.2 Å². The number of aromatic amines is 1. The van der Waals surface area contributed by atoms with E-state index in [1.165, 1.54) is 6.92 Å². The summed E-state index contributed by atoms with van der Waals surface area (Å²) in [5, 5.41) is 2.77. The fourth-order valence-electron chi connectivity index (χ4n) is 2.03. The lowest BCUT2D eigenvalue weighted by Gasteiger charge is -2.37. The number of phosphoric acid groups is 2. The van der Waals surface area contributed by atoms with Crippen LogP contribution in [0, 0.1) is 0 Å². The van der Waals surface area contributed by atoms with E-state index in [1.807, 2.05) is 0 Å². The van der Waals surface area contributed by atoms with Gasteiger partial charge >= 0.3 is 0 Å². The van der Waals surface area contributed by atoms with E-state index in [1.54, 1.807) is 6.92 Å². The van der Waals surface area contributed by atoms with Crippen molar-refractivity contribution in [2.24, 2.45) is 4.99 Å². The van der Waals surface area contributed by atoms with Crippen molar-refractivity contribution in [3.63, 3.8) is 0 Å². The number of hydrogen-bond donors (Lipinski definition) is 3. The SMILES string of the molecule is C[C@@H]1Nc2nc(N)[nH]c(=O)c2N=C1[C@@H](C)OP(=O)([O-])OP(=O)([O-])[O-]. The Labute approximate surface area is 134 Å². The van der Waals surface area contributed by atoms with Crippen molar-refractivity contribution in [2.45, 2.75) is 26.0 Å². The van der Waals surface area contributed by atoms with Gasteiger partial charge in [0.1, 0.15) is 6.10 Å². The lowest BCUT2D eigenvalue weighted by Crippen LogP contribution is -2.39. The number of aliphatic imine (C=N–C) groups is 1. The number of nitrogens with two attached hydrogens (primary N) is 1. The van der Waals surface area contributed by atoms with Crippen LogP contribution in [-0.2, 0) is 18.0 Å². The Morgan fingerprint density at radius 2 is 1.96 bits per heavy atom. The van der Waals surface area contributed by atoms with Crippen LogP contribution < -0.4 is 31.3 Å². The first kappa shape index (κ1) is 18.7. The Morgan fingerprint density at radius 1 is 1.33 bits per heavy atom. The molecule has 0 saturated heterocycles. The Bertz CT molecular complexity index is 832. The molecule has 0 aliphatic carbocycles. The van der Waals surface area contributed by atoms with Gasteiger partial charge in [-0.3, -0.25) is 18.7 Å². The van der Waals surface area contributed by atoms with Crippen molar-refractivity contribution in [3.05, 3.63) is 10.4 Å². The number of H-pyrrole nitrogens is 1. The van der Waals surface area contributed by atoms with E-state index in [4.69, 9.17) is 5.73 Å². The van der Waals surface area contributed by atoms with Crippen LogP contribution in [0.4, 0.5) is 17.5 Å². The molecule has 13 nitrogen and oxygen atoms in total. The topological polar surface area (TPSA) is 218 Å². The molecule has 0 aromatic carbocycles. The van der Waals surface area contributed by atoms with E-state index in [2.05, 4.69) is 29.1 Å². The van der Waals surface area contributed by atoms with Gasteiger partial charge < -0.3 is 34.8 Å². The van der Waals surface area contributed by atoms with Gasteiger partial charge in [0, 0.05) is 0 Å². The van der Waals surface area contributed by atoms with Gasteiger partial charge in [0.05, 0.1) is 19.6 Å². The Kier molecular flexibility index (Phi) is 4.98. The summed E-state index contributed by atoms with van der Waals surface area (Å²) in [4.78, 5) is 54.0. The van der Waals surface area contributed by atoms with Crippen LogP contribution >= 0.6 is 15.6 Å². The van der Waals surface area contributed by atoms with Gasteiger partial charge in [-0.1, -0.05) is 0 Å². The molecule has 1 aliphatic rings. The molecule has 3 atom stereocenters. The van der Waals surface area contributed by atoms with Gasteiger partial charge in [-0.25, -0.2) is 4.99 Å². The molecule has 1 aromatic heterocycles. The van der Waals surface area contributed by atoms with E-state index >= 15 is 0 Å². The van der Waals surface area contributed by atoms with Gasteiger partial charge in [-0.2, -0.15) is 4.98 Å². The maximum atomic E-state index is 11.8. The zero-order chi connectivity index (χ0) is 18.3. The summed E-state index contributed by atoms with van der Waals surface area (Å²) in [6.07, 6.45) is -1.33. The zero-order valence-corrected chi connectivity index (χ0v) is 14.1. The lowest BCUT2D eigenvalue weighted by atomic mass is 10.1. The molecule has 24 heavy (non-hydrogen) atoms. The molecular formula is C9H12N5O8P2-3. The molecule has 2 heterocycles. The summed E-state index contributed by atoms with van der Waals surface area (Å²) in [7, 11) is -11.2. The normalized spacial score (nSPS) is 21.2. The fourth-order valence-corrected chi connectivity index (χ4v) is 3.66. The smallest absolute Gasteiger partial charge is 0.280 e. The molecule has 15 heteroatoms. The van der Waals surface area contributed by atoms with Crippen LogP contribution in [0.1, 0.15) is 13.8 Å². The fraction of sp³-hybridized carbons (Fsp3) is 0.444. The first-order valence-electron chi connectivity index (χ1n) is 6.35. The highest BCUT2D eigenvalue weighted by Crippen LogP contribution is 2.51. The molecule has 0 fully saturated rings. The predicted octanol–water partition coefficient (Wildman–Crippen LogP) is -2.04. The second-order valence-corrected chi connectivity index (χ2v) is 7.43. The first-order chi connectivity index (χ1) is 10.9. The van der Waals surface area contributed by atoms with Crippen LogP contribution in [0.2, 0.25) is 0 Å². The second-order valence-electron chi connectivity index (χ2n) is 4.77. The van der Waals surface area contributed by atoms with Gasteiger partial charge in [-0.15, -0.1) is 0 Å². The maximum Gasteiger partial charge on any atom is 0.280 e. The number of hydrogen-bond acceptors (Lipinski definition) is 12. The van der Waals surface area contributed by atoms with Crippen LogP contribution in [0.3, 0.4) is 0 Å². The molecular weight excluding hydrogens is 368 g/mol. The molecule has 2 rings (SSSR count). The summed E-state index contributed by atoms with van der Waals surface area (Å²) in [6.45, 7) is 2.78. The number of nitrogens with one attached hydrogen (secondary N) is 2. The van der Waals surface area contributed by atoms with Crippen molar-refractivity contribution in [2.75, 3.05) is 11.1 Å². The molecule has 0 saturated carbocycles. The van der Waals surface area contributed by atoms with Gasteiger partial charge in [0.15, 0.2) is 11.5 Å². The second kappa shape index (κ2) is 6.37. The Hall–Kier alpha value is -1.59. The molecule has 134 valence electrons. The molecule has 1 unspecified atom stereocenters. The first-order valence-corrected chi connectivity index (χ1v) is 9.28. The molecule has 1 aliphatic heterocycles. The number of rotatable bonds is 5. The molecule has 0 radical (unpaired) electrons. The lowest BCUT2D eigenvalue weighted by molar-refractivity contribution is -0.339. The number of nitrogen functional groups attached to an aromatic ring is 1. The molecule has 4 N–H and O–H groups in total. The van der Waals surface area contributed by atoms with E-state index in [0.717, 1.165) is 0 Å². The van der Waals surface area contributed by atoms with Crippen LogP contribution in [-0.4, -0.2) is 27.8 Å². The molecule has 0 bridgehead atoms. The van der Waals surface area contributed by atoms with E-state index in [9.17, 15) is 28.6 Å². The number of fused-ring (bicyclic) bond motifs is 1. The van der Waals surface area contributed by atoms with Gasteiger partial charge in [-0.05, 0) is 13.8 Å². The summed E-state index contributed by atoms with van der Waals surface area (Å²) >= 11 is 0. The summed E-state index contributed by atoms with van der Waals surface area (Å²) in [6, 6.07) is -0.632. The number of nitrogens with zero attached hydrogens (tertiary/aromatic N) is 2. The number of anilines is 2. The highest BCUT2D eigenvalue weighted by Gasteiger charge is 2.29. The highest BCUT2D eigenvalue weighted by molar-refractivity contribution is 7.58. The van der Waals surface area contributed by atoms with Gasteiger partial charge in [0.2, 0.25) is 5.95 Å². The molecule has 0 amide bonds. The Morgan fingerprint density at radius 3 is 2.54 bits per heavy atom. The average Bonchev–Trinajstić information content (AvgIpc) is 2.33. The Balaban J connectivity index is 2.31. The van der Waals surface area contributed by atoms with Crippen LogP contribution in [0.15, 0.2) is 9.79 Å². The minimum absolute atomic E-state index is 0.0332. The maximum absolute atomic E-state index is 11.8. The highest BCUT2D eigenvalue weighted by atomic mass is 31.3. The average molecular weight is 380 g/mol. The molecule has 0 spiro atoms. The van der Waals surface area contributed by atoms with Gasteiger partial charge in [0.25, 0.3) is 13.4 Å². The standard InChI is InChI=1S/C9H15N5O8P2/c1-3-5(4(2)21-24(19,20)22-23(16,17)18)12-6-7(11-3)13-9(10)14-8(6)15/h3-4H,1-2H3,(H,19,20)(H2,16,17,18)(H4,10,11,13,14,15)/p-3/t3-,4+/m0/s1. The van der Waals surface area contributed by atoms with E-state index in [0.29, 0.717) is 0 Å². The quantitative estimate of drug-likeness (QED) is 0.472. The van der Waals surface area contributed by atoms with Crippen molar-refractivity contribution in [3.8, 4) is 0 Å². The van der Waals surface area contributed by atoms with Crippen LogP contribution in [0.5, 0.6) is 0 Å². The van der Waals surface area contributed by atoms with E-state index < -0.39 is 33.4 Å². The third-order valence-corrected chi connectivity index (χ3v) is 5.03. The number of phosphoric ester groups is 1. The minimum atomic E-state index is -5.80. The minimum Gasteiger partial charge on any atom is -0.790 e. The van der Waals surface area contributed by atoms with Crippen molar-refractivity contribution in [1.82, 2.24) is 9.97 Å². The van der Waals surface area contributed by atoms with Crippen molar-refractivity contribution >= 4 is 38.8 Å². The number of aromatic nitrogens is 2.